The lowest BCUT2D eigenvalue weighted by Gasteiger charge is -2.14. The summed E-state index contributed by atoms with van der Waals surface area (Å²) in [4.78, 5) is 35.4. The van der Waals surface area contributed by atoms with Gasteiger partial charge in [-0.05, 0) is 37.1 Å². The van der Waals surface area contributed by atoms with Crippen molar-refractivity contribution < 1.29 is 19.5 Å². The van der Waals surface area contributed by atoms with E-state index in [9.17, 15) is 14.4 Å². The Morgan fingerprint density at radius 1 is 1.23 bits per heavy atom. The fourth-order valence-electron chi connectivity index (χ4n) is 1.84. The standard InChI is InChI=1S/C15H21N3O4/c1-10-9-11(6-7-12(10)14(21)18(2)3)17-15(22)16-8-4-5-13(19)20/h6-7,9H,4-5,8H2,1-3H3,(H,19,20)(H2,16,17,22). The maximum Gasteiger partial charge on any atom is 0.319 e. The van der Waals surface area contributed by atoms with E-state index in [1.165, 1.54) is 4.90 Å². The Morgan fingerprint density at radius 3 is 2.45 bits per heavy atom. The highest BCUT2D eigenvalue weighted by Crippen LogP contribution is 2.16. The quantitative estimate of drug-likeness (QED) is 0.696. The van der Waals surface area contributed by atoms with Gasteiger partial charge in [0.25, 0.3) is 5.91 Å². The first-order chi connectivity index (χ1) is 10.3. The van der Waals surface area contributed by atoms with Crippen LogP contribution in [0.25, 0.3) is 0 Å². The van der Waals surface area contributed by atoms with E-state index in [1.54, 1.807) is 39.2 Å². The number of hydrogen-bond donors (Lipinski definition) is 3. The molecule has 120 valence electrons. The lowest BCUT2D eigenvalue weighted by molar-refractivity contribution is -0.137. The van der Waals surface area contributed by atoms with Crippen LogP contribution >= 0.6 is 0 Å². The van der Waals surface area contributed by atoms with Crippen molar-refractivity contribution in [3.8, 4) is 0 Å². The van der Waals surface area contributed by atoms with Crippen molar-refractivity contribution in [2.45, 2.75) is 19.8 Å². The van der Waals surface area contributed by atoms with Crippen molar-refractivity contribution >= 4 is 23.6 Å². The van der Waals surface area contributed by atoms with Crippen LogP contribution < -0.4 is 10.6 Å². The molecule has 0 aromatic heterocycles. The molecule has 0 bridgehead atoms. The molecule has 0 spiro atoms. The number of carbonyl (C=O) groups excluding carboxylic acids is 2. The van der Waals surface area contributed by atoms with Gasteiger partial charge in [-0.2, -0.15) is 0 Å². The molecule has 0 saturated carbocycles. The Balaban J connectivity index is 2.56. The number of benzene rings is 1. The number of rotatable bonds is 6. The van der Waals surface area contributed by atoms with E-state index in [-0.39, 0.29) is 18.9 Å². The predicted molar refractivity (Wildman–Crippen MR) is 83.1 cm³/mol. The van der Waals surface area contributed by atoms with Crippen LogP contribution in [0.2, 0.25) is 0 Å². The molecule has 3 N–H and O–H groups in total. The lowest BCUT2D eigenvalue weighted by Crippen LogP contribution is -2.30. The van der Waals surface area contributed by atoms with Crippen molar-refractivity contribution in [1.82, 2.24) is 10.2 Å². The van der Waals surface area contributed by atoms with Crippen LogP contribution in [0, 0.1) is 6.92 Å². The van der Waals surface area contributed by atoms with Gasteiger partial charge in [0.1, 0.15) is 0 Å². The minimum Gasteiger partial charge on any atom is -0.481 e. The Labute approximate surface area is 129 Å². The lowest BCUT2D eigenvalue weighted by atomic mass is 10.1. The van der Waals surface area contributed by atoms with E-state index in [2.05, 4.69) is 10.6 Å². The molecule has 1 aromatic carbocycles. The van der Waals surface area contributed by atoms with E-state index >= 15 is 0 Å². The second-order valence-electron chi connectivity index (χ2n) is 5.11. The van der Waals surface area contributed by atoms with E-state index in [1.807, 2.05) is 0 Å². The van der Waals surface area contributed by atoms with Gasteiger partial charge in [-0.3, -0.25) is 9.59 Å². The molecule has 0 saturated heterocycles. The third-order valence-electron chi connectivity index (χ3n) is 2.97. The van der Waals surface area contributed by atoms with Crippen LogP contribution in [0.1, 0.15) is 28.8 Å². The zero-order chi connectivity index (χ0) is 16.7. The van der Waals surface area contributed by atoms with Gasteiger partial charge in [0.2, 0.25) is 0 Å². The number of amides is 3. The molecule has 7 nitrogen and oxygen atoms in total. The summed E-state index contributed by atoms with van der Waals surface area (Å²) in [5.74, 6) is -0.985. The largest absolute Gasteiger partial charge is 0.481 e. The molecule has 0 radical (unpaired) electrons. The van der Waals surface area contributed by atoms with E-state index in [4.69, 9.17) is 5.11 Å². The number of aryl methyl sites for hydroxylation is 1. The SMILES string of the molecule is Cc1cc(NC(=O)NCCCC(=O)O)ccc1C(=O)N(C)C. The second kappa shape index (κ2) is 8.02. The van der Waals surface area contributed by atoms with Crippen molar-refractivity contribution in [2.75, 3.05) is 26.0 Å². The molecule has 0 heterocycles. The number of carboxylic acids is 1. The van der Waals surface area contributed by atoms with Gasteiger partial charge in [-0.1, -0.05) is 0 Å². The maximum atomic E-state index is 11.9. The van der Waals surface area contributed by atoms with Crippen LogP contribution in [-0.2, 0) is 4.79 Å². The highest BCUT2D eigenvalue weighted by molar-refractivity contribution is 5.96. The molecular weight excluding hydrogens is 286 g/mol. The molecule has 3 amide bonds. The van der Waals surface area contributed by atoms with Gasteiger partial charge in [-0.25, -0.2) is 4.79 Å². The van der Waals surface area contributed by atoms with Gasteiger partial charge in [0.05, 0.1) is 0 Å². The summed E-state index contributed by atoms with van der Waals surface area (Å²) in [5, 5.41) is 13.7. The fraction of sp³-hybridized carbons (Fsp3) is 0.400. The predicted octanol–water partition coefficient (Wildman–Crippen LogP) is 1.68. The number of nitrogens with one attached hydrogen (secondary N) is 2. The molecule has 0 aliphatic carbocycles. The minimum absolute atomic E-state index is 0.0146. The molecule has 22 heavy (non-hydrogen) atoms. The minimum atomic E-state index is -0.890. The molecule has 0 atom stereocenters. The fourth-order valence-corrected chi connectivity index (χ4v) is 1.84. The van der Waals surface area contributed by atoms with Crippen LogP contribution in [0.5, 0.6) is 0 Å². The first-order valence-corrected chi connectivity index (χ1v) is 6.90. The molecule has 1 aromatic rings. The number of anilines is 1. The second-order valence-corrected chi connectivity index (χ2v) is 5.11. The highest BCUT2D eigenvalue weighted by atomic mass is 16.4. The maximum absolute atomic E-state index is 11.9. The summed E-state index contributed by atoms with van der Waals surface area (Å²) in [6, 6.07) is 4.63. The number of carboxylic acid groups (broad SMARTS) is 1. The first kappa shape index (κ1) is 17.5. The first-order valence-electron chi connectivity index (χ1n) is 6.90. The number of hydrogen-bond acceptors (Lipinski definition) is 3. The third kappa shape index (κ3) is 5.43. The molecule has 7 heteroatoms. The van der Waals surface area contributed by atoms with Gasteiger partial charge in [-0.15, -0.1) is 0 Å². The monoisotopic (exact) mass is 307 g/mol. The van der Waals surface area contributed by atoms with Crippen molar-refractivity contribution in [3.63, 3.8) is 0 Å². The van der Waals surface area contributed by atoms with Gasteiger partial charge in [0, 0.05) is 38.3 Å². The van der Waals surface area contributed by atoms with Gasteiger partial charge < -0.3 is 20.6 Å². The summed E-state index contributed by atoms with van der Waals surface area (Å²) in [6.07, 6.45) is 0.388. The average Bonchev–Trinajstić information content (AvgIpc) is 2.43. The van der Waals surface area contributed by atoms with Crippen LogP contribution in [0.4, 0.5) is 10.5 Å². The Hall–Kier alpha value is -2.57. The molecule has 0 aliphatic heterocycles. The van der Waals surface area contributed by atoms with E-state index in [0.29, 0.717) is 17.7 Å². The molecule has 0 fully saturated rings. The molecule has 1 rings (SSSR count). The number of aliphatic carboxylic acids is 1. The van der Waals surface area contributed by atoms with Crippen LogP contribution in [-0.4, -0.2) is 48.6 Å². The Kier molecular flexibility index (Phi) is 6.37. The smallest absolute Gasteiger partial charge is 0.319 e. The van der Waals surface area contributed by atoms with Crippen LogP contribution in [0.15, 0.2) is 18.2 Å². The number of nitrogens with zero attached hydrogens (tertiary/aromatic N) is 1. The van der Waals surface area contributed by atoms with Crippen molar-refractivity contribution in [3.05, 3.63) is 29.3 Å². The summed E-state index contributed by atoms with van der Waals surface area (Å²) in [6.45, 7) is 2.08. The normalized spacial score (nSPS) is 9.95. The van der Waals surface area contributed by atoms with E-state index in [0.717, 1.165) is 5.56 Å². The third-order valence-corrected chi connectivity index (χ3v) is 2.97. The topological polar surface area (TPSA) is 98.7 Å². The van der Waals surface area contributed by atoms with Gasteiger partial charge in [0.15, 0.2) is 0 Å². The molecular formula is C15H21N3O4. The van der Waals surface area contributed by atoms with Crippen molar-refractivity contribution in [1.29, 1.82) is 0 Å². The summed E-state index contributed by atoms with van der Waals surface area (Å²) >= 11 is 0. The number of carbonyl (C=O) groups is 3. The summed E-state index contributed by atoms with van der Waals surface area (Å²) in [7, 11) is 3.36. The van der Waals surface area contributed by atoms with Crippen molar-refractivity contribution in [2.24, 2.45) is 0 Å². The Morgan fingerprint density at radius 2 is 1.91 bits per heavy atom. The summed E-state index contributed by atoms with van der Waals surface area (Å²) < 4.78 is 0. The summed E-state index contributed by atoms with van der Waals surface area (Å²) in [5.41, 5.74) is 1.92. The average molecular weight is 307 g/mol. The highest BCUT2D eigenvalue weighted by Gasteiger charge is 2.12. The number of urea groups is 1. The molecule has 0 unspecified atom stereocenters. The van der Waals surface area contributed by atoms with E-state index < -0.39 is 12.0 Å². The molecule has 0 aliphatic rings. The zero-order valence-corrected chi connectivity index (χ0v) is 13.0. The Bertz CT molecular complexity index is 570. The van der Waals surface area contributed by atoms with Gasteiger partial charge >= 0.3 is 12.0 Å². The zero-order valence-electron chi connectivity index (χ0n) is 13.0. The van der Waals surface area contributed by atoms with Crippen LogP contribution in [0.3, 0.4) is 0 Å².